The van der Waals surface area contributed by atoms with Crippen LogP contribution < -0.4 is 9.46 Å². The van der Waals surface area contributed by atoms with E-state index in [9.17, 15) is 8.42 Å². The summed E-state index contributed by atoms with van der Waals surface area (Å²) < 4.78 is 33.1. The van der Waals surface area contributed by atoms with Crippen molar-refractivity contribution in [3.63, 3.8) is 0 Å². The fraction of sp³-hybridized carbons (Fsp3) is 0.533. The number of ether oxygens (including phenoxy) is 1. The number of nitrogens with zero attached hydrogens (tertiary/aromatic N) is 2. The van der Waals surface area contributed by atoms with Crippen molar-refractivity contribution in [2.24, 2.45) is 0 Å². The molecular formula is C15H21N3O3S2. The van der Waals surface area contributed by atoms with Crippen molar-refractivity contribution in [2.45, 2.75) is 25.1 Å². The van der Waals surface area contributed by atoms with Crippen LogP contribution in [0.3, 0.4) is 0 Å². The first kappa shape index (κ1) is 16.6. The summed E-state index contributed by atoms with van der Waals surface area (Å²) in [6.07, 6.45) is 0.675. The third kappa shape index (κ3) is 3.65. The normalized spacial score (nSPS) is 19.5. The molecule has 0 aliphatic carbocycles. The third-order valence-corrected chi connectivity index (χ3v) is 6.97. The number of fused-ring (bicyclic) bond motifs is 1. The van der Waals surface area contributed by atoms with Crippen molar-refractivity contribution in [3.05, 3.63) is 23.2 Å². The van der Waals surface area contributed by atoms with Crippen LogP contribution in [-0.2, 0) is 16.6 Å². The average molecular weight is 355 g/mol. The summed E-state index contributed by atoms with van der Waals surface area (Å²) in [5.41, 5.74) is 0.960. The molecule has 23 heavy (non-hydrogen) atoms. The van der Waals surface area contributed by atoms with Gasteiger partial charge in [-0.25, -0.2) is 18.1 Å². The largest absolute Gasteiger partial charge is 0.497 e. The summed E-state index contributed by atoms with van der Waals surface area (Å²) in [7, 11) is -1.54. The van der Waals surface area contributed by atoms with E-state index < -0.39 is 10.0 Å². The van der Waals surface area contributed by atoms with E-state index in [1.54, 1.807) is 25.4 Å². The number of sulfonamides is 1. The quantitative estimate of drug-likeness (QED) is 0.856. The third-order valence-electron chi connectivity index (χ3n) is 4.01. The van der Waals surface area contributed by atoms with Gasteiger partial charge in [0.05, 0.1) is 29.1 Å². The van der Waals surface area contributed by atoms with E-state index in [-0.39, 0.29) is 5.25 Å². The standard InChI is InChI=1S/C15H21N3O3S2/c1-3-16-23(19,20)12-6-7-18(9-12)10-15-17-13-5-4-11(21-2)8-14(13)22-15/h4-5,8,12,16H,3,6-7,9-10H2,1-2H3. The highest BCUT2D eigenvalue weighted by molar-refractivity contribution is 7.90. The average Bonchev–Trinajstić information content (AvgIpc) is 3.13. The van der Waals surface area contributed by atoms with Crippen molar-refractivity contribution in [3.8, 4) is 5.75 Å². The predicted octanol–water partition coefficient (Wildman–Crippen LogP) is 1.82. The Labute approximate surface area is 140 Å². The molecule has 1 N–H and O–H groups in total. The minimum absolute atomic E-state index is 0.322. The van der Waals surface area contributed by atoms with Gasteiger partial charge in [-0.3, -0.25) is 4.90 Å². The number of likely N-dealkylation sites (tertiary alicyclic amines) is 1. The number of methoxy groups -OCH3 is 1. The lowest BCUT2D eigenvalue weighted by molar-refractivity contribution is 0.331. The van der Waals surface area contributed by atoms with Gasteiger partial charge in [-0.05, 0) is 31.2 Å². The van der Waals surface area contributed by atoms with Crippen LogP contribution >= 0.6 is 11.3 Å². The van der Waals surface area contributed by atoms with E-state index in [0.29, 0.717) is 26.1 Å². The van der Waals surface area contributed by atoms with Crippen molar-refractivity contribution >= 4 is 31.6 Å². The Kier molecular flexibility index (Phi) is 4.86. The van der Waals surface area contributed by atoms with Crippen LogP contribution in [0.5, 0.6) is 5.75 Å². The minimum atomic E-state index is -3.19. The van der Waals surface area contributed by atoms with Crippen LogP contribution in [0.15, 0.2) is 18.2 Å². The van der Waals surface area contributed by atoms with Gasteiger partial charge < -0.3 is 4.74 Å². The minimum Gasteiger partial charge on any atom is -0.497 e. The van der Waals surface area contributed by atoms with E-state index in [1.807, 2.05) is 18.2 Å². The number of aromatic nitrogens is 1. The smallest absolute Gasteiger partial charge is 0.215 e. The Morgan fingerprint density at radius 1 is 1.48 bits per heavy atom. The Bertz CT molecular complexity index is 788. The lowest BCUT2D eigenvalue weighted by Crippen LogP contribution is -2.36. The second kappa shape index (κ2) is 6.72. The van der Waals surface area contributed by atoms with Gasteiger partial charge in [0.1, 0.15) is 10.8 Å². The van der Waals surface area contributed by atoms with Gasteiger partial charge in [0, 0.05) is 13.1 Å². The maximum absolute atomic E-state index is 12.1. The van der Waals surface area contributed by atoms with Crippen LogP contribution in [-0.4, -0.2) is 50.3 Å². The van der Waals surface area contributed by atoms with Crippen LogP contribution in [0, 0.1) is 0 Å². The van der Waals surface area contributed by atoms with E-state index in [0.717, 1.165) is 27.5 Å². The first-order chi connectivity index (χ1) is 11.0. The number of nitrogens with one attached hydrogen (secondary N) is 1. The highest BCUT2D eigenvalue weighted by atomic mass is 32.2. The lowest BCUT2D eigenvalue weighted by Gasteiger charge is -2.14. The molecule has 0 amide bonds. The molecule has 3 rings (SSSR count). The highest BCUT2D eigenvalue weighted by Crippen LogP contribution is 2.28. The first-order valence-electron chi connectivity index (χ1n) is 7.66. The molecule has 2 aromatic rings. The maximum Gasteiger partial charge on any atom is 0.215 e. The van der Waals surface area contributed by atoms with E-state index in [4.69, 9.17) is 4.74 Å². The molecule has 8 heteroatoms. The molecule has 0 radical (unpaired) electrons. The highest BCUT2D eigenvalue weighted by Gasteiger charge is 2.32. The number of hydrogen-bond acceptors (Lipinski definition) is 6. The summed E-state index contributed by atoms with van der Waals surface area (Å²) >= 11 is 1.63. The molecule has 1 aliphatic heterocycles. The molecule has 1 aromatic carbocycles. The van der Waals surface area contributed by atoms with Crippen molar-refractivity contribution in [1.82, 2.24) is 14.6 Å². The molecule has 1 aromatic heterocycles. The van der Waals surface area contributed by atoms with Gasteiger partial charge in [0.15, 0.2) is 0 Å². The van der Waals surface area contributed by atoms with E-state index in [1.165, 1.54) is 0 Å². The Hall–Kier alpha value is -1.22. The topological polar surface area (TPSA) is 71.5 Å². The second-order valence-corrected chi connectivity index (χ2v) is 8.79. The van der Waals surface area contributed by atoms with Crippen LogP contribution in [0.2, 0.25) is 0 Å². The molecule has 126 valence electrons. The molecule has 0 spiro atoms. The van der Waals surface area contributed by atoms with Gasteiger partial charge in [-0.2, -0.15) is 0 Å². The number of hydrogen-bond donors (Lipinski definition) is 1. The fourth-order valence-electron chi connectivity index (χ4n) is 2.85. The second-order valence-electron chi connectivity index (χ2n) is 5.63. The summed E-state index contributed by atoms with van der Waals surface area (Å²) in [6.45, 7) is 4.29. The van der Waals surface area contributed by atoms with Crippen LogP contribution in [0.1, 0.15) is 18.4 Å². The SMILES string of the molecule is CCNS(=O)(=O)C1CCN(Cc2nc3ccc(OC)cc3s2)C1. The van der Waals surface area contributed by atoms with Crippen molar-refractivity contribution in [2.75, 3.05) is 26.7 Å². The zero-order chi connectivity index (χ0) is 16.4. The number of thiazole rings is 1. The van der Waals surface area contributed by atoms with E-state index >= 15 is 0 Å². The first-order valence-corrected chi connectivity index (χ1v) is 10.0. The Morgan fingerprint density at radius 2 is 2.30 bits per heavy atom. The van der Waals surface area contributed by atoms with E-state index in [2.05, 4.69) is 14.6 Å². The predicted molar refractivity (Wildman–Crippen MR) is 92.5 cm³/mol. The number of rotatable bonds is 6. The summed E-state index contributed by atoms with van der Waals surface area (Å²) in [5, 5.41) is 0.687. The molecule has 1 unspecified atom stereocenters. The lowest BCUT2D eigenvalue weighted by atomic mass is 10.3. The van der Waals surface area contributed by atoms with Gasteiger partial charge >= 0.3 is 0 Å². The van der Waals surface area contributed by atoms with Crippen molar-refractivity contribution < 1.29 is 13.2 Å². The van der Waals surface area contributed by atoms with Gasteiger partial charge in [-0.1, -0.05) is 6.92 Å². The molecule has 2 heterocycles. The summed E-state index contributed by atoms with van der Waals surface area (Å²) in [5.74, 6) is 0.825. The molecular weight excluding hydrogens is 334 g/mol. The summed E-state index contributed by atoms with van der Waals surface area (Å²) in [4.78, 5) is 6.79. The van der Waals surface area contributed by atoms with Crippen LogP contribution in [0.25, 0.3) is 10.2 Å². The maximum atomic E-state index is 12.1. The molecule has 1 fully saturated rings. The zero-order valence-corrected chi connectivity index (χ0v) is 14.9. The molecule has 1 atom stereocenters. The summed E-state index contributed by atoms with van der Waals surface area (Å²) in [6, 6.07) is 5.84. The Balaban J connectivity index is 1.69. The van der Waals surface area contributed by atoms with Gasteiger partial charge in [0.2, 0.25) is 10.0 Å². The molecule has 0 bridgehead atoms. The zero-order valence-electron chi connectivity index (χ0n) is 13.3. The van der Waals surface area contributed by atoms with Crippen molar-refractivity contribution in [1.29, 1.82) is 0 Å². The Morgan fingerprint density at radius 3 is 3.04 bits per heavy atom. The fourth-order valence-corrected chi connectivity index (χ4v) is 5.35. The molecule has 1 saturated heterocycles. The van der Waals surface area contributed by atoms with Gasteiger partial charge in [0.25, 0.3) is 0 Å². The van der Waals surface area contributed by atoms with Crippen LogP contribution in [0.4, 0.5) is 0 Å². The van der Waals surface area contributed by atoms with Gasteiger partial charge in [-0.15, -0.1) is 11.3 Å². The molecule has 1 aliphatic rings. The molecule has 6 nitrogen and oxygen atoms in total. The monoisotopic (exact) mass is 355 g/mol. The number of benzene rings is 1. The molecule has 0 saturated carbocycles.